The highest BCUT2D eigenvalue weighted by Gasteiger charge is 2.43. The molecule has 4 atom stereocenters. The van der Waals surface area contributed by atoms with Crippen LogP contribution in [0.5, 0.6) is 0 Å². The molecule has 0 radical (unpaired) electrons. The van der Waals surface area contributed by atoms with Gasteiger partial charge in [-0.1, -0.05) is 0 Å². The third kappa shape index (κ3) is 3.28. The van der Waals surface area contributed by atoms with Crippen molar-refractivity contribution in [3.05, 3.63) is 0 Å². The molecule has 1 saturated heterocycles. The number of amides is 1. The maximum Gasteiger partial charge on any atom is 0.471 e. The number of halogens is 3. The molecule has 1 heterocycles. The van der Waals surface area contributed by atoms with Crippen LogP contribution < -0.4 is 10.6 Å². The maximum absolute atomic E-state index is 11.9. The molecule has 0 aromatic carbocycles. The smallest absolute Gasteiger partial charge is 0.396 e. The molecule has 0 bridgehead atoms. The monoisotopic (exact) mass is 258 g/mol. The molecule has 0 aliphatic carbocycles. The van der Waals surface area contributed by atoms with E-state index in [0.29, 0.717) is 0 Å². The number of alkyl halides is 3. The van der Waals surface area contributed by atoms with Gasteiger partial charge in [-0.15, -0.1) is 0 Å². The van der Waals surface area contributed by atoms with E-state index in [0.717, 1.165) is 0 Å². The van der Waals surface area contributed by atoms with Crippen molar-refractivity contribution in [1.82, 2.24) is 10.6 Å². The number of hydrogen-bond donors (Lipinski definition) is 5. The molecule has 0 aromatic heterocycles. The average Bonchev–Trinajstić information content (AvgIpc) is 2.23. The quantitative estimate of drug-likeness (QED) is 0.391. The first-order chi connectivity index (χ1) is 7.77. The van der Waals surface area contributed by atoms with Gasteiger partial charge in [-0.2, -0.15) is 13.2 Å². The third-order valence-electron chi connectivity index (χ3n) is 2.55. The van der Waals surface area contributed by atoms with Crippen molar-refractivity contribution in [2.45, 2.75) is 24.6 Å². The van der Waals surface area contributed by atoms with E-state index >= 15 is 0 Å². The van der Waals surface area contributed by atoms with E-state index in [4.69, 9.17) is 5.11 Å². The fourth-order valence-corrected chi connectivity index (χ4v) is 1.53. The Labute approximate surface area is 94.4 Å². The van der Waals surface area contributed by atoms with Crippen molar-refractivity contribution < 1.29 is 33.3 Å². The van der Waals surface area contributed by atoms with Crippen LogP contribution in [0.3, 0.4) is 0 Å². The van der Waals surface area contributed by atoms with E-state index in [1.807, 2.05) is 0 Å². The van der Waals surface area contributed by atoms with E-state index in [1.54, 1.807) is 0 Å². The van der Waals surface area contributed by atoms with Crippen molar-refractivity contribution in [3.8, 4) is 0 Å². The lowest BCUT2D eigenvalue weighted by Gasteiger charge is -2.37. The average molecular weight is 258 g/mol. The summed E-state index contributed by atoms with van der Waals surface area (Å²) < 4.78 is 35.8. The summed E-state index contributed by atoms with van der Waals surface area (Å²) in [6, 6.07) is 0. The predicted octanol–water partition coefficient (Wildman–Crippen LogP) is -2.08. The van der Waals surface area contributed by atoms with Crippen LogP contribution in [-0.4, -0.2) is 58.9 Å². The zero-order valence-corrected chi connectivity index (χ0v) is 8.61. The SMILES string of the molecule is O=C(N[C@H]1NC[C@H](CO)[C@H](O)[C@@H]1O)C(F)(F)F. The Bertz CT molecular complexity index is 286. The number of carbonyl (C=O) groups is 1. The summed E-state index contributed by atoms with van der Waals surface area (Å²) in [5.41, 5.74) is 0. The van der Waals surface area contributed by atoms with E-state index in [-0.39, 0.29) is 6.54 Å². The van der Waals surface area contributed by atoms with Crippen molar-refractivity contribution in [3.63, 3.8) is 0 Å². The number of carbonyl (C=O) groups excluding carboxylic acids is 1. The first-order valence-electron chi connectivity index (χ1n) is 4.85. The molecule has 17 heavy (non-hydrogen) atoms. The Balaban J connectivity index is 2.60. The lowest BCUT2D eigenvalue weighted by atomic mass is 9.92. The normalized spacial score (nSPS) is 34.5. The molecule has 1 amide bonds. The van der Waals surface area contributed by atoms with Gasteiger partial charge in [-0.25, -0.2) is 0 Å². The highest BCUT2D eigenvalue weighted by Crippen LogP contribution is 2.18. The second-order valence-electron chi connectivity index (χ2n) is 3.78. The van der Waals surface area contributed by atoms with Crippen LogP contribution in [0, 0.1) is 5.92 Å². The van der Waals surface area contributed by atoms with Gasteiger partial charge in [0, 0.05) is 19.1 Å². The molecular weight excluding hydrogens is 245 g/mol. The first-order valence-corrected chi connectivity index (χ1v) is 4.85. The van der Waals surface area contributed by atoms with Crippen molar-refractivity contribution >= 4 is 5.91 Å². The minimum Gasteiger partial charge on any atom is -0.396 e. The summed E-state index contributed by atoms with van der Waals surface area (Å²) in [6.45, 7) is -0.442. The summed E-state index contributed by atoms with van der Waals surface area (Å²) in [5.74, 6) is -2.90. The second-order valence-corrected chi connectivity index (χ2v) is 3.78. The van der Waals surface area contributed by atoms with Gasteiger partial charge in [-0.05, 0) is 0 Å². The van der Waals surface area contributed by atoms with Crippen molar-refractivity contribution in [2.75, 3.05) is 13.2 Å². The summed E-state index contributed by atoms with van der Waals surface area (Å²) >= 11 is 0. The Morgan fingerprint density at radius 3 is 2.41 bits per heavy atom. The molecule has 0 aromatic rings. The largest absolute Gasteiger partial charge is 0.471 e. The fourth-order valence-electron chi connectivity index (χ4n) is 1.53. The van der Waals surface area contributed by atoms with E-state index < -0.39 is 43.0 Å². The van der Waals surface area contributed by atoms with Crippen LogP contribution in [-0.2, 0) is 4.79 Å². The van der Waals surface area contributed by atoms with Crippen LogP contribution in [0.2, 0.25) is 0 Å². The third-order valence-corrected chi connectivity index (χ3v) is 2.55. The van der Waals surface area contributed by atoms with Gasteiger partial charge in [-0.3, -0.25) is 10.1 Å². The Hall–Kier alpha value is -0.900. The Morgan fingerprint density at radius 1 is 1.35 bits per heavy atom. The zero-order valence-electron chi connectivity index (χ0n) is 8.61. The van der Waals surface area contributed by atoms with Crippen LogP contribution in [0.1, 0.15) is 0 Å². The number of hydrogen-bond acceptors (Lipinski definition) is 5. The van der Waals surface area contributed by atoms with Crippen LogP contribution in [0.25, 0.3) is 0 Å². The zero-order chi connectivity index (χ0) is 13.2. The highest BCUT2D eigenvalue weighted by atomic mass is 19.4. The molecule has 5 N–H and O–H groups in total. The van der Waals surface area contributed by atoms with E-state index in [1.165, 1.54) is 5.32 Å². The molecule has 1 aliphatic heterocycles. The number of aliphatic hydroxyl groups is 3. The minimum absolute atomic E-state index is 0.0163. The number of piperidine rings is 1. The molecule has 100 valence electrons. The summed E-state index contributed by atoms with van der Waals surface area (Å²) in [4.78, 5) is 10.6. The fraction of sp³-hybridized carbons (Fsp3) is 0.875. The lowest BCUT2D eigenvalue weighted by Crippen LogP contribution is -2.65. The summed E-state index contributed by atoms with van der Waals surface area (Å²) in [5, 5.41) is 31.6. The first kappa shape index (κ1) is 14.2. The molecule has 1 rings (SSSR count). The molecule has 9 heteroatoms. The molecular formula is C8H13F3N2O4. The van der Waals surface area contributed by atoms with Gasteiger partial charge in [0.05, 0.1) is 6.10 Å². The minimum atomic E-state index is -5.06. The number of aliphatic hydroxyl groups excluding tert-OH is 3. The molecule has 6 nitrogen and oxygen atoms in total. The van der Waals surface area contributed by atoms with E-state index in [9.17, 15) is 28.2 Å². The molecule has 1 fully saturated rings. The Kier molecular flexibility index (Phi) is 4.31. The lowest BCUT2D eigenvalue weighted by molar-refractivity contribution is -0.177. The molecule has 1 aliphatic rings. The number of rotatable bonds is 2. The maximum atomic E-state index is 11.9. The van der Waals surface area contributed by atoms with Crippen molar-refractivity contribution in [2.24, 2.45) is 5.92 Å². The summed E-state index contributed by atoms with van der Waals surface area (Å²) in [6.07, 6.45) is -9.48. The molecule has 0 spiro atoms. The second kappa shape index (κ2) is 5.17. The topological polar surface area (TPSA) is 102 Å². The van der Waals surface area contributed by atoms with Gasteiger partial charge in [0.1, 0.15) is 12.3 Å². The van der Waals surface area contributed by atoms with Gasteiger partial charge in [0.2, 0.25) is 0 Å². The molecule has 0 unspecified atom stereocenters. The van der Waals surface area contributed by atoms with Gasteiger partial charge in [0.25, 0.3) is 0 Å². The predicted molar refractivity (Wildman–Crippen MR) is 48.6 cm³/mol. The summed E-state index contributed by atoms with van der Waals surface area (Å²) in [7, 11) is 0. The molecule has 0 saturated carbocycles. The van der Waals surface area contributed by atoms with Gasteiger partial charge >= 0.3 is 12.1 Å². The van der Waals surface area contributed by atoms with Crippen LogP contribution in [0.4, 0.5) is 13.2 Å². The van der Waals surface area contributed by atoms with Crippen molar-refractivity contribution in [1.29, 1.82) is 0 Å². The van der Waals surface area contributed by atoms with Crippen LogP contribution >= 0.6 is 0 Å². The standard InChI is InChI=1S/C8H13F3N2O4/c9-8(10,11)7(17)13-6-5(16)4(15)3(2-14)1-12-6/h3-6,12,14-16H,1-2H2,(H,13,17)/t3-,4+,5+,6-/m1/s1. The van der Waals surface area contributed by atoms with Gasteiger partial charge < -0.3 is 20.6 Å². The number of nitrogens with one attached hydrogen (secondary N) is 2. The van der Waals surface area contributed by atoms with E-state index in [2.05, 4.69) is 5.32 Å². The Morgan fingerprint density at radius 2 is 1.94 bits per heavy atom. The van der Waals surface area contributed by atoms with Crippen LogP contribution in [0.15, 0.2) is 0 Å². The van der Waals surface area contributed by atoms with Gasteiger partial charge in [0.15, 0.2) is 0 Å². The highest BCUT2D eigenvalue weighted by molar-refractivity contribution is 5.81.